The van der Waals surface area contributed by atoms with Crippen LogP contribution in [0.4, 0.5) is 17.1 Å². The van der Waals surface area contributed by atoms with Gasteiger partial charge in [0, 0.05) is 15.5 Å². The zero-order valence-corrected chi connectivity index (χ0v) is 20.6. The largest absolute Gasteiger partial charge is 0.456 e. The average Bonchev–Trinajstić information content (AvgIpc) is 2.96. The average molecular weight is 512 g/mol. The Hall–Kier alpha value is -4.81. The van der Waals surface area contributed by atoms with Crippen LogP contribution in [0.2, 0.25) is 0 Å². The van der Waals surface area contributed by atoms with Gasteiger partial charge in [0.25, 0.3) is 0 Å². The lowest BCUT2D eigenvalue weighted by Gasteiger charge is -2.32. The summed E-state index contributed by atoms with van der Waals surface area (Å²) in [7, 11) is 0. The third-order valence-electron chi connectivity index (χ3n) is 7.04. The minimum absolute atomic E-state index is 0.151. The summed E-state index contributed by atoms with van der Waals surface area (Å²) in [6, 6.07) is 32.5. The Morgan fingerprint density at radius 1 is 0.500 bits per heavy atom. The van der Waals surface area contributed by atoms with E-state index in [9.17, 15) is 9.59 Å². The summed E-state index contributed by atoms with van der Waals surface area (Å²) in [5.41, 5.74) is 4.32. The van der Waals surface area contributed by atoms with Gasteiger partial charge in [-0.25, -0.2) is 0 Å². The van der Waals surface area contributed by atoms with E-state index in [2.05, 4.69) is 29.2 Å². The number of nitrogens with zero attached hydrogens (tertiary/aromatic N) is 1. The molecule has 8 rings (SSSR count). The van der Waals surface area contributed by atoms with E-state index in [0.717, 1.165) is 26.9 Å². The molecule has 7 aromatic rings. The monoisotopic (exact) mass is 511 g/mol. The van der Waals surface area contributed by atoms with Crippen molar-refractivity contribution in [2.24, 2.45) is 0 Å². The molecular formula is C32H17NO4S. The van der Waals surface area contributed by atoms with Crippen molar-refractivity contribution in [1.29, 1.82) is 0 Å². The van der Waals surface area contributed by atoms with Gasteiger partial charge in [0.05, 0.1) is 32.9 Å². The molecule has 38 heavy (non-hydrogen) atoms. The Kier molecular flexibility index (Phi) is 4.39. The SMILES string of the molecule is O=c1c2ccccc2oc2cc3c(=O)c4cc(N5c6ccccc6Sc6ccccc65)ccc4oc3cc12. The van der Waals surface area contributed by atoms with E-state index in [1.807, 2.05) is 48.5 Å². The Morgan fingerprint density at radius 2 is 1.03 bits per heavy atom. The van der Waals surface area contributed by atoms with Gasteiger partial charge >= 0.3 is 0 Å². The first-order valence-electron chi connectivity index (χ1n) is 12.2. The second kappa shape index (κ2) is 7.84. The summed E-state index contributed by atoms with van der Waals surface area (Å²) in [6.45, 7) is 0. The van der Waals surface area contributed by atoms with Gasteiger partial charge in [0.2, 0.25) is 10.9 Å². The topological polar surface area (TPSA) is 63.7 Å². The summed E-state index contributed by atoms with van der Waals surface area (Å²) in [5.74, 6) is 0. The molecule has 6 heteroatoms. The molecule has 0 spiro atoms. The predicted molar refractivity (Wildman–Crippen MR) is 152 cm³/mol. The van der Waals surface area contributed by atoms with Crippen LogP contribution in [0, 0.1) is 0 Å². The molecule has 0 amide bonds. The second-order valence-electron chi connectivity index (χ2n) is 9.26. The minimum Gasteiger partial charge on any atom is -0.456 e. The van der Waals surface area contributed by atoms with E-state index < -0.39 is 0 Å². The Morgan fingerprint density at radius 3 is 1.71 bits per heavy atom. The maximum Gasteiger partial charge on any atom is 0.200 e. The first kappa shape index (κ1) is 21.3. The van der Waals surface area contributed by atoms with E-state index in [0.29, 0.717) is 43.9 Å². The third kappa shape index (κ3) is 3.01. The van der Waals surface area contributed by atoms with Crippen LogP contribution in [0.25, 0.3) is 43.9 Å². The number of hydrogen-bond acceptors (Lipinski definition) is 6. The minimum atomic E-state index is -0.172. The molecule has 0 radical (unpaired) electrons. The summed E-state index contributed by atoms with van der Waals surface area (Å²) in [6.07, 6.45) is 0. The van der Waals surface area contributed by atoms with Gasteiger partial charge in [-0.2, -0.15) is 0 Å². The van der Waals surface area contributed by atoms with Crippen molar-refractivity contribution < 1.29 is 8.83 Å². The molecular weight excluding hydrogens is 494 g/mol. The number of rotatable bonds is 1. The van der Waals surface area contributed by atoms with Gasteiger partial charge in [0.1, 0.15) is 22.3 Å². The summed E-state index contributed by atoms with van der Waals surface area (Å²) in [5, 5.41) is 1.71. The lowest BCUT2D eigenvalue weighted by molar-refractivity contribution is 0.652. The van der Waals surface area contributed by atoms with Gasteiger partial charge in [0.15, 0.2) is 0 Å². The Balaban J connectivity index is 1.39. The van der Waals surface area contributed by atoms with Crippen LogP contribution in [0.15, 0.2) is 131 Å². The van der Waals surface area contributed by atoms with Gasteiger partial charge in [-0.05, 0) is 66.7 Å². The van der Waals surface area contributed by atoms with Crippen molar-refractivity contribution in [1.82, 2.24) is 0 Å². The van der Waals surface area contributed by atoms with E-state index in [1.54, 1.807) is 42.1 Å². The van der Waals surface area contributed by atoms with Gasteiger partial charge in [-0.1, -0.05) is 48.2 Å². The molecule has 0 bridgehead atoms. The molecule has 0 saturated carbocycles. The van der Waals surface area contributed by atoms with Crippen LogP contribution in [0.5, 0.6) is 0 Å². The zero-order valence-electron chi connectivity index (χ0n) is 19.8. The molecule has 5 nitrogen and oxygen atoms in total. The van der Waals surface area contributed by atoms with Crippen molar-refractivity contribution in [2.45, 2.75) is 9.79 Å². The van der Waals surface area contributed by atoms with Gasteiger partial charge < -0.3 is 13.7 Å². The van der Waals surface area contributed by atoms with Crippen molar-refractivity contribution in [3.05, 3.63) is 124 Å². The van der Waals surface area contributed by atoms with Crippen LogP contribution in [-0.2, 0) is 0 Å². The molecule has 1 aliphatic rings. The lowest BCUT2D eigenvalue weighted by atomic mass is 10.1. The summed E-state index contributed by atoms with van der Waals surface area (Å²) < 4.78 is 12.2. The fourth-order valence-corrected chi connectivity index (χ4v) is 6.32. The van der Waals surface area contributed by atoms with Crippen LogP contribution in [-0.4, -0.2) is 0 Å². The van der Waals surface area contributed by atoms with E-state index >= 15 is 0 Å². The smallest absolute Gasteiger partial charge is 0.200 e. The highest BCUT2D eigenvalue weighted by atomic mass is 32.2. The quantitative estimate of drug-likeness (QED) is 0.207. The fraction of sp³-hybridized carbons (Fsp3) is 0. The van der Waals surface area contributed by atoms with Crippen LogP contribution >= 0.6 is 11.8 Å². The second-order valence-corrected chi connectivity index (χ2v) is 10.3. The van der Waals surface area contributed by atoms with E-state index in [-0.39, 0.29) is 10.9 Å². The fourth-order valence-electron chi connectivity index (χ4n) is 5.26. The maximum absolute atomic E-state index is 13.8. The number of benzene rings is 5. The first-order chi connectivity index (χ1) is 18.7. The molecule has 0 unspecified atom stereocenters. The molecule has 5 aromatic carbocycles. The predicted octanol–water partition coefficient (Wildman–Crippen LogP) is 8.14. The molecule has 1 aliphatic heterocycles. The third-order valence-corrected chi connectivity index (χ3v) is 8.17. The number of hydrogen-bond donors (Lipinski definition) is 0. The Labute approximate surface area is 219 Å². The molecule has 0 aliphatic carbocycles. The number of para-hydroxylation sites is 3. The molecule has 2 aromatic heterocycles. The molecule has 0 atom stereocenters. The van der Waals surface area contributed by atoms with Crippen LogP contribution < -0.4 is 15.8 Å². The molecule has 180 valence electrons. The lowest BCUT2D eigenvalue weighted by Crippen LogP contribution is -2.15. The summed E-state index contributed by atoms with van der Waals surface area (Å²) >= 11 is 1.73. The van der Waals surface area contributed by atoms with Crippen LogP contribution in [0.3, 0.4) is 0 Å². The summed E-state index contributed by atoms with van der Waals surface area (Å²) in [4.78, 5) is 31.4. The highest BCUT2D eigenvalue weighted by molar-refractivity contribution is 7.99. The van der Waals surface area contributed by atoms with Crippen molar-refractivity contribution in [2.75, 3.05) is 4.90 Å². The number of fused-ring (bicyclic) bond motifs is 6. The standard InChI is InChI=1S/C32H17NO4S/c34-31-19-7-1-4-10-25(19)36-27-17-22-28(16-21(27)31)37-26-14-13-18(15-20(26)32(22)35)33-23-8-2-5-11-29(23)38-30-12-6-3-9-24(30)33/h1-17H. The normalized spacial score (nSPS) is 12.8. The van der Waals surface area contributed by atoms with Gasteiger partial charge in [-0.3, -0.25) is 9.59 Å². The van der Waals surface area contributed by atoms with Crippen molar-refractivity contribution in [3.63, 3.8) is 0 Å². The highest BCUT2D eigenvalue weighted by Crippen LogP contribution is 2.51. The maximum atomic E-state index is 13.8. The number of anilines is 3. The van der Waals surface area contributed by atoms with E-state index in [4.69, 9.17) is 8.83 Å². The molecule has 3 heterocycles. The molecule has 0 fully saturated rings. The van der Waals surface area contributed by atoms with Crippen molar-refractivity contribution in [3.8, 4) is 0 Å². The van der Waals surface area contributed by atoms with E-state index in [1.165, 1.54) is 0 Å². The van der Waals surface area contributed by atoms with Crippen molar-refractivity contribution >= 4 is 72.7 Å². The zero-order chi connectivity index (χ0) is 25.4. The molecule has 0 saturated heterocycles. The molecule has 0 N–H and O–H groups in total. The first-order valence-corrected chi connectivity index (χ1v) is 13.0. The highest BCUT2D eigenvalue weighted by Gasteiger charge is 2.25. The van der Waals surface area contributed by atoms with Gasteiger partial charge in [-0.15, -0.1) is 0 Å². The van der Waals surface area contributed by atoms with Crippen LogP contribution in [0.1, 0.15) is 0 Å². The Bertz CT molecular complexity index is 2190.